The van der Waals surface area contributed by atoms with Crippen LogP contribution in [0.1, 0.15) is 40.0 Å². The summed E-state index contributed by atoms with van der Waals surface area (Å²) in [5, 5.41) is 2.66. The Bertz CT molecular complexity index is 286. The number of piperidine rings is 1. The molecule has 0 aromatic carbocycles. The molecule has 1 heterocycles. The van der Waals surface area contributed by atoms with Gasteiger partial charge in [-0.15, -0.1) is 0 Å². The van der Waals surface area contributed by atoms with Crippen LogP contribution >= 0.6 is 12.6 Å². The van der Waals surface area contributed by atoms with Gasteiger partial charge in [0.2, 0.25) is 11.8 Å². The number of hydrogen-bond donors (Lipinski definition) is 2. The highest BCUT2D eigenvalue weighted by molar-refractivity contribution is 7.80. The predicted molar refractivity (Wildman–Crippen MR) is 71.1 cm³/mol. The van der Waals surface area contributed by atoms with E-state index in [1.54, 1.807) is 0 Å². The number of nitrogens with one attached hydrogen (secondary N) is 1. The number of thiol groups is 1. The van der Waals surface area contributed by atoms with Gasteiger partial charge >= 0.3 is 0 Å². The fourth-order valence-corrected chi connectivity index (χ4v) is 2.71. The van der Waals surface area contributed by atoms with Crippen molar-refractivity contribution in [2.24, 2.45) is 0 Å². The minimum atomic E-state index is -0.501. The van der Waals surface area contributed by atoms with Crippen molar-refractivity contribution in [1.82, 2.24) is 10.2 Å². The summed E-state index contributed by atoms with van der Waals surface area (Å²) in [6, 6.07) is 0.00335. The van der Waals surface area contributed by atoms with E-state index in [0.29, 0.717) is 5.75 Å². The van der Waals surface area contributed by atoms with Crippen LogP contribution in [0.4, 0.5) is 0 Å². The highest BCUT2D eigenvalue weighted by Gasteiger charge is 2.33. The van der Waals surface area contributed by atoms with Crippen molar-refractivity contribution in [2.75, 3.05) is 5.75 Å². The minimum absolute atomic E-state index is 0.00472. The molecule has 1 N–H and O–H groups in total. The van der Waals surface area contributed by atoms with Gasteiger partial charge in [-0.05, 0) is 33.1 Å². The van der Waals surface area contributed by atoms with Crippen molar-refractivity contribution in [3.05, 3.63) is 0 Å². The average Bonchev–Trinajstić information content (AvgIpc) is 2.25. The van der Waals surface area contributed by atoms with Crippen LogP contribution in [0.2, 0.25) is 0 Å². The summed E-state index contributed by atoms with van der Waals surface area (Å²) < 4.78 is 0. The predicted octanol–water partition coefficient (Wildman–Crippen LogP) is 1.21. The first-order chi connectivity index (χ1) is 7.97. The largest absolute Gasteiger partial charge is 0.344 e. The molecule has 0 aromatic heterocycles. The molecule has 0 spiro atoms. The lowest BCUT2D eigenvalue weighted by Gasteiger charge is -2.40. The van der Waals surface area contributed by atoms with Crippen molar-refractivity contribution in [2.45, 2.75) is 58.2 Å². The fraction of sp³-hybridized carbons (Fsp3) is 0.833. The Morgan fingerprint density at radius 1 is 1.35 bits per heavy atom. The molecule has 1 aliphatic rings. The highest BCUT2D eigenvalue weighted by Crippen LogP contribution is 2.23. The third-order valence-corrected chi connectivity index (χ3v) is 3.67. The Morgan fingerprint density at radius 3 is 2.29 bits per heavy atom. The molecule has 17 heavy (non-hydrogen) atoms. The van der Waals surface area contributed by atoms with Gasteiger partial charge in [-0.1, -0.05) is 0 Å². The van der Waals surface area contributed by atoms with Crippen molar-refractivity contribution >= 4 is 24.4 Å². The Morgan fingerprint density at radius 2 is 1.88 bits per heavy atom. The van der Waals surface area contributed by atoms with Crippen LogP contribution in [0.3, 0.4) is 0 Å². The molecule has 0 saturated carbocycles. The number of amides is 2. The molecular formula is C12H22N2O2S. The third-order valence-electron chi connectivity index (χ3n) is 3.31. The Hall–Kier alpha value is -0.710. The average molecular weight is 258 g/mol. The van der Waals surface area contributed by atoms with E-state index in [1.165, 1.54) is 6.92 Å². The number of carbonyl (C=O) groups excluding carboxylic acids is 2. The number of rotatable bonds is 3. The maximum Gasteiger partial charge on any atom is 0.246 e. The molecular weight excluding hydrogens is 236 g/mol. The van der Waals surface area contributed by atoms with Crippen molar-refractivity contribution in [3.8, 4) is 0 Å². The fourth-order valence-electron chi connectivity index (χ4n) is 2.47. The molecule has 0 radical (unpaired) electrons. The molecule has 1 rings (SSSR count). The van der Waals surface area contributed by atoms with Crippen molar-refractivity contribution in [1.29, 1.82) is 0 Å². The van der Waals surface area contributed by atoms with Gasteiger partial charge in [0.25, 0.3) is 0 Å². The van der Waals surface area contributed by atoms with E-state index in [4.69, 9.17) is 0 Å². The maximum atomic E-state index is 12.3. The summed E-state index contributed by atoms with van der Waals surface area (Å²) in [5.41, 5.74) is 0. The number of nitrogens with zero attached hydrogens (tertiary/aromatic N) is 1. The van der Waals surface area contributed by atoms with Crippen LogP contribution in [0.5, 0.6) is 0 Å². The van der Waals surface area contributed by atoms with Gasteiger partial charge in [0.1, 0.15) is 6.04 Å². The summed E-state index contributed by atoms with van der Waals surface area (Å²) in [7, 11) is 0. The minimum Gasteiger partial charge on any atom is -0.344 e. The smallest absolute Gasteiger partial charge is 0.246 e. The molecule has 1 unspecified atom stereocenters. The normalized spacial score (nSPS) is 26.5. The molecule has 1 aliphatic heterocycles. The Labute approximate surface area is 109 Å². The summed E-state index contributed by atoms with van der Waals surface area (Å²) in [5.74, 6) is 0.151. The molecule has 5 heteroatoms. The molecule has 0 aliphatic carbocycles. The van der Waals surface area contributed by atoms with Gasteiger partial charge < -0.3 is 10.2 Å². The van der Waals surface area contributed by atoms with Crippen LogP contribution in [0.25, 0.3) is 0 Å². The SMILES string of the molecule is CC(=O)NC(CS)C(=O)N1[C@H](C)CCC[C@@H]1C. The standard InChI is InChI=1S/C12H22N2O2S/c1-8-5-4-6-9(2)14(8)12(16)11(7-17)13-10(3)15/h8-9,11,17H,4-7H2,1-3H3,(H,13,15)/t8-,9+,11?. The summed E-state index contributed by atoms with van der Waals surface area (Å²) in [6.45, 7) is 5.56. The van der Waals surface area contributed by atoms with Gasteiger partial charge in [-0.2, -0.15) is 12.6 Å². The summed E-state index contributed by atoms with van der Waals surface area (Å²) in [6.07, 6.45) is 3.24. The van der Waals surface area contributed by atoms with E-state index >= 15 is 0 Å². The summed E-state index contributed by atoms with van der Waals surface area (Å²) in [4.78, 5) is 25.3. The first-order valence-electron chi connectivity index (χ1n) is 6.17. The number of carbonyl (C=O) groups is 2. The molecule has 3 atom stereocenters. The van der Waals surface area contributed by atoms with Crippen molar-refractivity contribution in [3.63, 3.8) is 0 Å². The van der Waals surface area contributed by atoms with E-state index in [1.807, 2.05) is 4.90 Å². The monoisotopic (exact) mass is 258 g/mol. The first kappa shape index (κ1) is 14.4. The second-order valence-corrected chi connectivity index (χ2v) is 5.18. The van der Waals surface area contributed by atoms with Crippen molar-refractivity contribution < 1.29 is 9.59 Å². The first-order valence-corrected chi connectivity index (χ1v) is 6.80. The van der Waals surface area contributed by atoms with Gasteiger partial charge in [0.05, 0.1) is 0 Å². The van der Waals surface area contributed by atoms with Crippen LogP contribution in [-0.2, 0) is 9.59 Å². The number of likely N-dealkylation sites (tertiary alicyclic amines) is 1. The second kappa shape index (κ2) is 6.28. The molecule has 1 fully saturated rings. The van der Waals surface area contributed by atoms with Gasteiger partial charge in [-0.25, -0.2) is 0 Å². The van der Waals surface area contributed by atoms with Crippen LogP contribution in [0.15, 0.2) is 0 Å². The van der Waals surface area contributed by atoms with E-state index < -0.39 is 6.04 Å². The molecule has 2 amide bonds. The second-order valence-electron chi connectivity index (χ2n) is 4.81. The van der Waals surface area contributed by atoms with Crippen LogP contribution in [-0.4, -0.2) is 40.6 Å². The van der Waals surface area contributed by atoms with Gasteiger partial charge in [-0.3, -0.25) is 9.59 Å². The van der Waals surface area contributed by atoms with Crippen LogP contribution in [0, 0.1) is 0 Å². The lowest BCUT2D eigenvalue weighted by Crippen LogP contribution is -2.56. The Balaban J connectivity index is 2.74. The zero-order chi connectivity index (χ0) is 13.0. The molecule has 0 aromatic rings. The molecule has 1 saturated heterocycles. The molecule has 4 nitrogen and oxygen atoms in total. The third kappa shape index (κ3) is 3.63. The van der Waals surface area contributed by atoms with Gasteiger partial charge in [0.15, 0.2) is 0 Å². The number of hydrogen-bond acceptors (Lipinski definition) is 3. The van der Waals surface area contributed by atoms with E-state index in [9.17, 15) is 9.59 Å². The lowest BCUT2D eigenvalue weighted by atomic mass is 9.96. The summed E-state index contributed by atoms with van der Waals surface area (Å²) >= 11 is 4.15. The lowest BCUT2D eigenvalue weighted by molar-refractivity contribution is -0.140. The van der Waals surface area contributed by atoms with E-state index in [-0.39, 0.29) is 23.9 Å². The van der Waals surface area contributed by atoms with Gasteiger partial charge in [0, 0.05) is 24.8 Å². The quantitative estimate of drug-likeness (QED) is 0.748. The molecule has 98 valence electrons. The zero-order valence-corrected chi connectivity index (χ0v) is 11.7. The van der Waals surface area contributed by atoms with E-state index in [0.717, 1.165) is 19.3 Å². The molecule has 0 bridgehead atoms. The highest BCUT2D eigenvalue weighted by atomic mass is 32.1. The Kier molecular flexibility index (Phi) is 5.31. The topological polar surface area (TPSA) is 49.4 Å². The zero-order valence-electron chi connectivity index (χ0n) is 10.8. The van der Waals surface area contributed by atoms with Crippen LogP contribution < -0.4 is 5.32 Å². The van der Waals surface area contributed by atoms with E-state index in [2.05, 4.69) is 31.8 Å². The maximum absolute atomic E-state index is 12.3.